The van der Waals surface area contributed by atoms with Gasteiger partial charge >= 0.3 is 0 Å². The molecule has 4 aromatic rings. The quantitative estimate of drug-likeness (QED) is 0.443. The summed E-state index contributed by atoms with van der Waals surface area (Å²) in [6, 6.07) is 5.80. The SMILES string of the molecule is CC(C)n1ncnc1-c1cn2c(n1)-c1ccc(cc1O)-c1cncn1CCOC1C=C(CCO1)C2. The molecule has 1 unspecified atom stereocenters. The van der Waals surface area contributed by atoms with Crippen molar-refractivity contribution < 1.29 is 14.6 Å². The molecule has 3 aromatic heterocycles. The van der Waals surface area contributed by atoms with Gasteiger partial charge in [0.05, 0.1) is 37.0 Å². The van der Waals surface area contributed by atoms with Crippen LogP contribution in [0.4, 0.5) is 0 Å². The molecule has 0 aliphatic carbocycles. The molecule has 180 valence electrons. The Balaban J connectivity index is 1.51. The first-order chi connectivity index (χ1) is 17.1. The summed E-state index contributed by atoms with van der Waals surface area (Å²) >= 11 is 0. The standard InChI is InChI=1S/C25H27N7O3/c1-16(2)32-25(27-14-28-32)20-13-31-12-17-5-7-34-23(9-17)35-8-6-30-15-26-11-21(30)18-3-4-19(22(33)10-18)24(31)29-20/h3-4,9-11,13-16,23,33H,5-8,12H2,1-2H3. The molecule has 0 saturated heterocycles. The molecule has 10 nitrogen and oxygen atoms in total. The van der Waals surface area contributed by atoms with E-state index in [1.165, 1.54) is 5.57 Å². The number of benzene rings is 1. The number of nitrogens with zero attached hydrogens (tertiary/aromatic N) is 7. The maximum absolute atomic E-state index is 11.1. The van der Waals surface area contributed by atoms with E-state index in [2.05, 4.69) is 33.5 Å². The summed E-state index contributed by atoms with van der Waals surface area (Å²) in [6.45, 7) is 6.41. The second-order valence-electron chi connectivity index (χ2n) is 9.09. The fraction of sp³-hybridized carbons (Fsp3) is 0.360. The topological polar surface area (TPSA) is 105 Å². The predicted molar refractivity (Wildman–Crippen MR) is 128 cm³/mol. The van der Waals surface area contributed by atoms with Gasteiger partial charge in [0, 0.05) is 30.9 Å². The van der Waals surface area contributed by atoms with Crippen molar-refractivity contribution in [2.45, 2.75) is 45.7 Å². The van der Waals surface area contributed by atoms with Crippen LogP contribution in [0.15, 0.2) is 54.9 Å². The molecule has 0 spiro atoms. The lowest BCUT2D eigenvalue weighted by atomic mass is 10.1. The third-order valence-corrected chi connectivity index (χ3v) is 6.38. The third-order valence-electron chi connectivity index (χ3n) is 6.38. The van der Waals surface area contributed by atoms with Gasteiger partial charge in [-0.15, -0.1) is 0 Å². The van der Waals surface area contributed by atoms with Crippen LogP contribution >= 0.6 is 0 Å². The number of hydrogen-bond donors (Lipinski definition) is 1. The van der Waals surface area contributed by atoms with Crippen LogP contribution in [-0.2, 0) is 22.6 Å². The Labute approximate surface area is 202 Å². The van der Waals surface area contributed by atoms with Crippen LogP contribution in [0.2, 0.25) is 0 Å². The smallest absolute Gasteiger partial charge is 0.178 e. The van der Waals surface area contributed by atoms with Crippen molar-refractivity contribution in [1.29, 1.82) is 0 Å². The highest BCUT2D eigenvalue weighted by Crippen LogP contribution is 2.35. The molecular weight excluding hydrogens is 446 g/mol. The summed E-state index contributed by atoms with van der Waals surface area (Å²) in [6.07, 6.45) is 9.53. The van der Waals surface area contributed by atoms with E-state index in [9.17, 15) is 5.11 Å². The molecule has 7 rings (SSSR count). The number of imidazole rings is 2. The number of phenolic OH excluding ortho intramolecular Hbond substituents is 1. The van der Waals surface area contributed by atoms with E-state index in [1.54, 1.807) is 24.9 Å². The number of aromatic nitrogens is 7. The minimum Gasteiger partial charge on any atom is -0.507 e. The van der Waals surface area contributed by atoms with Gasteiger partial charge in [-0.1, -0.05) is 6.07 Å². The molecule has 35 heavy (non-hydrogen) atoms. The number of hydrogen-bond acceptors (Lipinski definition) is 7. The first kappa shape index (κ1) is 21.8. The summed E-state index contributed by atoms with van der Waals surface area (Å²) < 4.78 is 17.8. The molecule has 10 heteroatoms. The van der Waals surface area contributed by atoms with Gasteiger partial charge in [-0.05, 0) is 44.1 Å². The lowest BCUT2D eigenvalue weighted by Crippen LogP contribution is -2.23. The van der Waals surface area contributed by atoms with Crippen LogP contribution in [0.3, 0.4) is 0 Å². The van der Waals surface area contributed by atoms with Crippen LogP contribution in [0.1, 0.15) is 26.3 Å². The van der Waals surface area contributed by atoms with Crippen LogP contribution in [-0.4, -0.2) is 58.5 Å². The molecule has 3 aliphatic heterocycles. The van der Waals surface area contributed by atoms with Crippen LogP contribution < -0.4 is 0 Å². The molecular formula is C25H27N7O3. The third kappa shape index (κ3) is 4.04. The van der Waals surface area contributed by atoms with Crippen molar-refractivity contribution in [3.8, 4) is 39.9 Å². The molecule has 6 heterocycles. The highest BCUT2D eigenvalue weighted by Gasteiger charge is 2.22. The average molecular weight is 474 g/mol. The zero-order valence-corrected chi connectivity index (χ0v) is 19.7. The van der Waals surface area contributed by atoms with Crippen LogP contribution in [0, 0.1) is 0 Å². The van der Waals surface area contributed by atoms with Gasteiger partial charge in [0.1, 0.15) is 23.6 Å². The zero-order valence-electron chi connectivity index (χ0n) is 19.7. The van der Waals surface area contributed by atoms with Crippen molar-refractivity contribution in [3.05, 3.63) is 54.9 Å². The van der Waals surface area contributed by atoms with Crippen molar-refractivity contribution in [1.82, 2.24) is 33.9 Å². The van der Waals surface area contributed by atoms with Gasteiger partial charge in [-0.2, -0.15) is 5.10 Å². The van der Waals surface area contributed by atoms with Gasteiger partial charge < -0.3 is 23.7 Å². The molecule has 3 aliphatic rings. The van der Waals surface area contributed by atoms with E-state index in [0.29, 0.717) is 49.2 Å². The van der Waals surface area contributed by atoms with Crippen LogP contribution in [0.5, 0.6) is 5.75 Å². The Bertz CT molecular complexity index is 1400. The zero-order chi connectivity index (χ0) is 23.9. The van der Waals surface area contributed by atoms with E-state index < -0.39 is 6.29 Å². The molecule has 0 radical (unpaired) electrons. The largest absolute Gasteiger partial charge is 0.507 e. The molecule has 1 N–H and O–H groups in total. The minimum atomic E-state index is -0.395. The van der Waals surface area contributed by atoms with Crippen molar-refractivity contribution in [2.75, 3.05) is 13.2 Å². The number of fused-ring (bicyclic) bond motifs is 4. The maximum Gasteiger partial charge on any atom is 0.178 e. The number of ether oxygens (including phenoxy) is 2. The summed E-state index contributed by atoms with van der Waals surface area (Å²) in [5.41, 5.74) is 4.31. The summed E-state index contributed by atoms with van der Waals surface area (Å²) in [5, 5.41) is 15.5. The van der Waals surface area contributed by atoms with Gasteiger partial charge in [-0.25, -0.2) is 19.6 Å². The van der Waals surface area contributed by atoms with Crippen LogP contribution in [0.25, 0.3) is 34.2 Å². The lowest BCUT2D eigenvalue weighted by molar-refractivity contribution is -0.118. The molecule has 0 amide bonds. The lowest BCUT2D eigenvalue weighted by Gasteiger charge is -2.23. The van der Waals surface area contributed by atoms with E-state index in [4.69, 9.17) is 14.5 Å². The van der Waals surface area contributed by atoms with E-state index in [1.807, 2.05) is 33.7 Å². The fourth-order valence-corrected chi connectivity index (χ4v) is 4.63. The molecule has 4 bridgehead atoms. The highest BCUT2D eigenvalue weighted by molar-refractivity contribution is 5.73. The first-order valence-electron chi connectivity index (χ1n) is 11.8. The van der Waals surface area contributed by atoms with E-state index in [-0.39, 0.29) is 11.8 Å². The average Bonchev–Trinajstić information content (AvgIpc) is 3.58. The van der Waals surface area contributed by atoms with Crippen molar-refractivity contribution in [2.24, 2.45) is 0 Å². The molecule has 1 atom stereocenters. The van der Waals surface area contributed by atoms with Crippen molar-refractivity contribution >= 4 is 0 Å². The number of aromatic hydroxyl groups is 1. The van der Waals surface area contributed by atoms with Gasteiger partial charge in [0.25, 0.3) is 0 Å². The minimum absolute atomic E-state index is 0.139. The summed E-state index contributed by atoms with van der Waals surface area (Å²) in [4.78, 5) is 13.7. The second kappa shape index (κ2) is 8.79. The normalized spacial score (nSPS) is 18.0. The predicted octanol–water partition coefficient (Wildman–Crippen LogP) is 3.66. The van der Waals surface area contributed by atoms with Gasteiger partial charge in [-0.3, -0.25) is 0 Å². The van der Waals surface area contributed by atoms with Gasteiger partial charge in [0.2, 0.25) is 0 Å². The Morgan fingerprint density at radius 1 is 1.11 bits per heavy atom. The molecule has 0 saturated carbocycles. The monoisotopic (exact) mass is 473 g/mol. The van der Waals surface area contributed by atoms with Crippen molar-refractivity contribution in [3.63, 3.8) is 0 Å². The Kier molecular flexibility index (Phi) is 5.46. The highest BCUT2D eigenvalue weighted by atomic mass is 16.7. The summed E-state index contributed by atoms with van der Waals surface area (Å²) in [5.74, 6) is 1.51. The Morgan fingerprint density at radius 3 is 2.86 bits per heavy atom. The first-order valence-corrected chi connectivity index (χ1v) is 11.8. The molecule has 1 aromatic carbocycles. The summed E-state index contributed by atoms with van der Waals surface area (Å²) in [7, 11) is 0. The molecule has 0 fully saturated rings. The number of phenols is 1. The van der Waals surface area contributed by atoms with Gasteiger partial charge in [0.15, 0.2) is 12.1 Å². The Morgan fingerprint density at radius 2 is 2.00 bits per heavy atom. The fourth-order valence-electron chi connectivity index (χ4n) is 4.63. The van der Waals surface area contributed by atoms with E-state index >= 15 is 0 Å². The maximum atomic E-state index is 11.1. The number of rotatable bonds is 2. The van der Waals surface area contributed by atoms with E-state index in [0.717, 1.165) is 17.7 Å². The second-order valence-corrected chi connectivity index (χ2v) is 9.09. The Hall–Kier alpha value is -3.76.